The number of aldehydes is 1. The highest BCUT2D eigenvalue weighted by Crippen LogP contribution is 2.50. The molecule has 7 nitrogen and oxygen atoms in total. The number of hydrogen-bond donors (Lipinski definition) is 3. The van der Waals surface area contributed by atoms with Gasteiger partial charge in [-0.15, -0.1) is 11.8 Å². The molecule has 0 bridgehead atoms. The van der Waals surface area contributed by atoms with Gasteiger partial charge in [-0.3, -0.25) is 4.79 Å². The third-order valence-electron chi connectivity index (χ3n) is 4.63. The maximum Gasteiger partial charge on any atom is 0.353 e. The fourth-order valence-corrected chi connectivity index (χ4v) is 4.81. The van der Waals surface area contributed by atoms with Crippen LogP contribution in [-0.2, 0) is 14.4 Å². The van der Waals surface area contributed by atoms with Gasteiger partial charge in [0.25, 0.3) is 0 Å². The SMILES string of the molecule is CCNC(C=O)CCSC1=C(C(=O)O)N2C(=O)C(C(C)O)C2C1C. The van der Waals surface area contributed by atoms with E-state index in [0.29, 0.717) is 23.6 Å². The first kappa shape index (κ1) is 19.0. The molecular weight excluding hydrogens is 332 g/mol. The van der Waals surface area contributed by atoms with Gasteiger partial charge in [-0.25, -0.2) is 4.79 Å². The maximum atomic E-state index is 12.2. The molecule has 0 aromatic rings. The lowest BCUT2D eigenvalue weighted by Gasteiger charge is -2.46. The van der Waals surface area contributed by atoms with Crippen molar-refractivity contribution in [2.45, 2.75) is 45.4 Å². The normalized spacial score (nSPS) is 28.4. The summed E-state index contributed by atoms with van der Waals surface area (Å²) in [6, 6.07) is -0.543. The molecule has 5 atom stereocenters. The molecule has 2 aliphatic heterocycles. The fraction of sp³-hybridized carbons (Fsp3) is 0.688. The van der Waals surface area contributed by atoms with Crippen molar-refractivity contribution in [3.8, 4) is 0 Å². The maximum absolute atomic E-state index is 12.2. The van der Waals surface area contributed by atoms with Crippen molar-refractivity contribution in [2.75, 3.05) is 12.3 Å². The number of aliphatic hydroxyl groups is 1. The van der Waals surface area contributed by atoms with E-state index in [4.69, 9.17) is 0 Å². The third kappa shape index (κ3) is 3.22. The quantitative estimate of drug-likeness (QED) is 0.406. The van der Waals surface area contributed by atoms with Gasteiger partial charge in [-0.2, -0.15) is 0 Å². The van der Waals surface area contributed by atoms with Crippen LogP contribution in [0.25, 0.3) is 0 Å². The Bertz CT molecular complexity index is 563. The van der Waals surface area contributed by atoms with Crippen LogP contribution in [0.1, 0.15) is 27.2 Å². The lowest BCUT2D eigenvalue weighted by Crippen LogP contribution is -2.63. The van der Waals surface area contributed by atoms with E-state index in [9.17, 15) is 24.6 Å². The summed E-state index contributed by atoms with van der Waals surface area (Å²) >= 11 is 1.39. The van der Waals surface area contributed by atoms with Crippen LogP contribution in [0.2, 0.25) is 0 Å². The van der Waals surface area contributed by atoms with Crippen molar-refractivity contribution >= 4 is 29.9 Å². The summed E-state index contributed by atoms with van der Waals surface area (Å²) in [5, 5.41) is 22.4. The van der Waals surface area contributed by atoms with Gasteiger partial charge in [0.2, 0.25) is 5.91 Å². The molecule has 0 aromatic carbocycles. The Balaban J connectivity index is 2.11. The highest BCUT2D eigenvalue weighted by Gasteiger charge is 2.59. The Labute approximate surface area is 145 Å². The monoisotopic (exact) mass is 356 g/mol. The molecule has 2 heterocycles. The minimum atomic E-state index is -1.12. The number of aliphatic hydroxyl groups excluding tert-OH is 1. The molecule has 8 heteroatoms. The number of carboxylic acid groups (broad SMARTS) is 1. The molecule has 134 valence electrons. The third-order valence-corrected chi connectivity index (χ3v) is 5.94. The van der Waals surface area contributed by atoms with E-state index in [1.165, 1.54) is 16.7 Å². The zero-order valence-electron chi connectivity index (χ0n) is 14.1. The molecule has 0 aromatic heterocycles. The molecule has 1 saturated heterocycles. The standard InChI is InChI=1S/C16H24N2O5S/c1-4-17-10(7-19)5-6-24-14-8(2)12-11(9(3)20)15(21)18(12)13(14)16(22)23/h7-12,17,20H,4-6H2,1-3H3,(H,22,23). The zero-order valence-corrected chi connectivity index (χ0v) is 14.9. The van der Waals surface area contributed by atoms with Gasteiger partial charge >= 0.3 is 5.97 Å². The van der Waals surface area contributed by atoms with E-state index < -0.39 is 18.0 Å². The highest BCUT2D eigenvalue weighted by atomic mass is 32.2. The van der Waals surface area contributed by atoms with E-state index in [0.717, 1.165) is 6.29 Å². The Morgan fingerprint density at radius 3 is 2.67 bits per heavy atom. The first-order valence-corrected chi connectivity index (χ1v) is 9.13. The van der Waals surface area contributed by atoms with Crippen LogP contribution < -0.4 is 5.32 Å². The largest absolute Gasteiger partial charge is 0.477 e. The number of rotatable bonds is 9. The van der Waals surface area contributed by atoms with Gasteiger partial charge in [-0.1, -0.05) is 13.8 Å². The first-order valence-electron chi connectivity index (χ1n) is 8.15. The molecule has 24 heavy (non-hydrogen) atoms. The molecule has 0 saturated carbocycles. The van der Waals surface area contributed by atoms with E-state index >= 15 is 0 Å². The van der Waals surface area contributed by atoms with Gasteiger partial charge in [0.05, 0.1) is 24.1 Å². The van der Waals surface area contributed by atoms with Crippen molar-refractivity contribution in [1.82, 2.24) is 10.2 Å². The minimum Gasteiger partial charge on any atom is -0.477 e. The van der Waals surface area contributed by atoms with Crippen LogP contribution in [-0.4, -0.2) is 63.8 Å². The number of thioether (sulfide) groups is 1. The number of fused-ring (bicyclic) bond motifs is 1. The van der Waals surface area contributed by atoms with Gasteiger partial charge < -0.3 is 25.2 Å². The molecule has 0 radical (unpaired) electrons. The summed E-state index contributed by atoms with van der Waals surface area (Å²) in [5.74, 6) is -1.54. The molecule has 5 unspecified atom stereocenters. The number of β-lactam (4-membered cyclic amide) rings is 1. The van der Waals surface area contributed by atoms with Crippen LogP contribution in [0.15, 0.2) is 10.6 Å². The average Bonchev–Trinajstić information content (AvgIpc) is 2.75. The molecule has 0 aliphatic carbocycles. The first-order chi connectivity index (χ1) is 11.3. The smallest absolute Gasteiger partial charge is 0.353 e. The van der Waals surface area contributed by atoms with Crippen molar-refractivity contribution in [3.05, 3.63) is 10.6 Å². The number of nitrogens with one attached hydrogen (secondary N) is 1. The van der Waals surface area contributed by atoms with Crippen LogP contribution >= 0.6 is 11.8 Å². The summed E-state index contributed by atoms with van der Waals surface area (Å²) in [6.07, 6.45) is 0.645. The Hall–Kier alpha value is -1.38. The summed E-state index contributed by atoms with van der Waals surface area (Å²) in [6.45, 7) is 6.05. The summed E-state index contributed by atoms with van der Waals surface area (Å²) in [7, 11) is 0. The topological polar surface area (TPSA) is 107 Å². The lowest BCUT2D eigenvalue weighted by molar-refractivity contribution is -0.163. The summed E-state index contributed by atoms with van der Waals surface area (Å²) in [5.41, 5.74) is 0.0329. The molecule has 2 aliphatic rings. The van der Waals surface area contributed by atoms with E-state index in [2.05, 4.69) is 5.32 Å². The Morgan fingerprint density at radius 2 is 2.17 bits per heavy atom. The number of carbonyl (C=O) groups excluding carboxylic acids is 2. The number of carboxylic acids is 1. The van der Waals surface area contributed by atoms with E-state index in [1.54, 1.807) is 6.92 Å². The minimum absolute atomic E-state index is 0.0329. The van der Waals surface area contributed by atoms with Crippen molar-refractivity contribution in [3.63, 3.8) is 0 Å². The second-order valence-electron chi connectivity index (χ2n) is 6.21. The molecule has 0 spiro atoms. The Morgan fingerprint density at radius 1 is 1.50 bits per heavy atom. The number of likely N-dealkylation sites (N-methyl/N-ethyl adjacent to an activating group) is 1. The predicted molar refractivity (Wildman–Crippen MR) is 90.2 cm³/mol. The fourth-order valence-electron chi connectivity index (χ4n) is 3.49. The molecule has 2 rings (SSSR count). The van der Waals surface area contributed by atoms with E-state index in [1.807, 2.05) is 13.8 Å². The number of nitrogens with zero attached hydrogens (tertiary/aromatic N) is 1. The van der Waals surface area contributed by atoms with Crippen molar-refractivity contribution in [2.24, 2.45) is 11.8 Å². The molecule has 3 N–H and O–H groups in total. The number of aliphatic carboxylic acids is 1. The van der Waals surface area contributed by atoms with Crippen LogP contribution in [0, 0.1) is 11.8 Å². The lowest BCUT2D eigenvalue weighted by atomic mass is 9.79. The summed E-state index contributed by atoms with van der Waals surface area (Å²) in [4.78, 5) is 36.8. The highest BCUT2D eigenvalue weighted by molar-refractivity contribution is 8.03. The molecule has 1 amide bonds. The molecule has 1 fully saturated rings. The number of carbonyl (C=O) groups is 3. The second kappa shape index (κ2) is 7.67. The van der Waals surface area contributed by atoms with Crippen LogP contribution in [0.4, 0.5) is 0 Å². The second-order valence-corrected chi connectivity index (χ2v) is 7.35. The van der Waals surface area contributed by atoms with E-state index in [-0.39, 0.29) is 29.6 Å². The van der Waals surface area contributed by atoms with Gasteiger partial charge in [0, 0.05) is 10.8 Å². The van der Waals surface area contributed by atoms with Gasteiger partial charge in [0.15, 0.2) is 0 Å². The summed E-state index contributed by atoms with van der Waals surface area (Å²) < 4.78 is 0. The Kier molecular flexibility index (Phi) is 6.06. The van der Waals surface area contributed by atoms with Crippen LogP contribution in [0.3, 0.4) is 0 Å². The van der Waals surface area contributed by atoms with Crippen LogP contribution in [0.5, 0.6) is 0 Å². The average molecular weight is 356 g/mol. The number of hydrogen-bond acceptors (Lipinski definition) is 6. The number of amides is 1. The van der Waals surface area contributed by atoms with Gasteiger partial charge in [0.1, 0.15) is 12.0 Å². The predicted octanol–water partition coefficient (Wildman–Crippen LogP) is 0.440. The van der Waals surface area contributed by atoms with Crippen molar-refractivity contribution in [1.29, 1.82) is 0 Å². The van der Waals surface area contributed by atoms with Gasteiger partial charge in [-0.05, 0) is 25.6 Å². The van der Waals surface area contributed by atoms with Crippen molar-refractivity contribution < 1.29 is 24.6 Å². The molecular formula is C16H24N2O5S. The zero-order chi connectivity index (χ0) is 18.0.